The highest BCUT2D eigenvalue weighted by Crippen LogP contribution is 2.20. The summed E-state index contributed by atoms with van der Waals surface area (Å²) in [5, 5.41) is 8.82. The summed E-state index contributed by atoms with van der Waals surface area (Å²) < 4.78 is 5.16. The second kappa shape index (κ2) is 4.37. The second-order valence-electron chi connectivity index (χ2n) is 4.36. The van der Waals surface area contributed by atoms with Gasteiger partial charge < -0.3 is 14.7 Å². The molecule has 0 atom stereocenters. The number of likely N-dealkylation sites (tertiary alicyclic amines) is 1. The molecule has 2 aliphatic rings. The van der Waals surface area contributed by atoms with Crippen LogP contribution in [0.5, 0.6) is 0 Å². The molecule has 5 nitrogen and oxygen atoms in total. The van der Waals surface area contributed by atoms with E-state index in [-0.39, 0.29) is 0 Å². The summed E-state index contributed by atoms with van der Waals surface area (Å²) in [5.74, 6) is 0. The summed E-state index contributed by atoms with van der Waals surface area (Å²) in [7, 11) is 2.12. The number of carboxylic acid groups (broad SMARTS) is 1. The number of rotatable bonds is 2. The zero-order valence-electron chi connectivity index (χ0n) is 9.06. The van der Waals surface area contributed by atoms with Crippen molar-refractivity contribution >= 4 is 6.09 Å². The molecule has 0 aromatic carbocycles. The fraction of sp³-hybridized carbons (Fsp3) is 0.900. The van der Waals surface area contributed by atoms with Gasteiger partial charge in [0.05, 0.1) is 19.3 Å². The van der Waals surface area contributed by atoms with Crippen LogP contribution in [0.3, 0.4) is 0 Å². The molecule has 0 saturated carbocycles. The van der Waals surface area contributed by atoms with Gasteiger partial charge in [-0.25, -0.2) is 4.79 Å². The van der Waals surface area contributed by atoms with Gasteiger partial charge in [0.1, 0.15) is 0 Å². The summed E-state index contributed by atoms with van der Waals surface area (Å²) in [6, 6.07) is 1.07. The summed E-state index contributed by atoms with van der Waals surface area (Å²) in [4.78, 5) is 14.6. The van der Waals surface area contributed by atoms with Crippen LogP contribution >= 0.6 is 0 Å². The first-order chi connectivity index (χ1) is 7.18. The average molecular weight is 214 g/mol. The summed E-state index contributed by atoms with van der Waals surface area (Å²) in [5.41, 5.74) is 0. The van der Waals surface area contributed by atoms with Crippen LogP contribution in [0.25, 0.3) is 0 Å². The van der Waals surface area contributed by atoms with Crippen molar-refractivity contribution in [1.29, 1.82) is 0 Å². The normalized spacial score (nSPS) is 24.3. The lowest BCUT2D eigenvalue weighted by Crippen LogP contribution is -2.54. The van der Waals surface area contributed by atoms with Gasteiger partial charge in [-0.05, 0) is 19.9 Å². The van der Waals surface area contributed by atoms with E-state index in [9.17, 15) is 4.79 Å². The Morgan fingerprint density at radius 1 is 1.33 bits per heavy atom. The smallest absolute Gasteiger partial charge is 0.407 e. The van der Waals surface area contributed by atoms with Crippen molar-refractivity contribution in [3.8, 4) is 0 Å². The van der Waals surface area contributed by atoms with E-state index in [0.717, 1.165) is 26.1 Å². The fourth-order valence-electron chi connectivity index (χ4n) is 2.22. The number of hydrogen-bond acceptors (Lipinski definition) is 3. The first-order valence-corrected chi connectivity index (χ1v) is 5.46. The summed E-state index contributed by atoms with van der Waals surface area (Å²) >= 11 is 0. The van der Waals surface area contributed by atoms with Crippen LogP contribution < -0.4 is 0 Å². The molecule has 1 N–H and O–H groups in total. The minimum Gasteiger partial charge on any atom is -0.465 e. The molecule has 0 spiro atoms. The number of piperidine rings is 1. The molecule has 0 aliphatic carbocycles. The zero-order valence-corrected chi connectivity index (χ0v) is 9.06. The van der Waals surface area contributed by atoms with E-state index in [1.165, 1.54) is 4.90 Å². The molecule has 5 heteroatoms. The van der Waals surface area contributed by atoms with Gasteiger partial charge in [-0.2, -0.15) is 0 Å². The zero-order chi connectivity index (χ0) is 10.8. The Balaban J connectivity index is 1.79. The first kappa shape index (κ1) is 10.7. The first-order valence-electron chi connectivity index (χ1n) is 5.46. The Labute approximate surface area is 89.6 Å². The molecule has 2 rings (SSSR count). The van der Waals surface area contributed by atoms with Crippen molar-refractivity contribution in [2.75, 3.05) is 33.4 Å². The molecule has 1 amide bonds. The van der Waals surface area contributed by atoms with E-state index in [2.05, 4.69) is 11.9 Å². The van der Waals surface area contributed by atoms with E-state index in [1.54, 1.807) is 0 Å². The van der Waals surface area contributed by atoms with Crippen LogP contribution in [-0.4, -0.2) is 66.4 Å². The number of amides is 1. The Bertz CT molecular complexity index is 235. The van der Waals surface area contributed by atoms with Gasteiger partial charge in [-0.3, -0.25) is 4.90 Å². The van der Waals surface area contributed by atoms with Crippen LogP contribution in [0.1, 0.15) is 12.8 Å². The van der Waals surface area contributed by atoms with Gasteiger partial charge in [0, 0.05) is 19.1 Å². The third-order valence-corrected chi connectivity index (χ3v) is 3.51. The fourth-order valence-corrected chi connectivity index (χ4v) is 2.22. The SMILES string of the molecule is CN(C1CCN(C(=O)O)CC1)C1COC1. The molecule has 2 heterocycles. The van der Waals surface area contributed by atoms with Crippen molar-refractivity contribution in [2.45, 2.75) is 24.9 Å². The Kier molecular flexibility index (Phi) is 3.11. The average Bonchev–Trinajstić information content (AvgIpc) is 2.15. The maximum atomic E-state index is 10.7. The van der Waals surface area contributed by atoms with Gasteiger partial charge in [0.15, 0.2) is 0 Å². The molecule has 2 saturated heterocycles. The molecule has 0 radical (unpaired) electrons. The maximum Gasteiger partial charge on any atom is 0.407 e. The second-order valence-corrected chi connectivity index (χ2v) is 4.36. The highest BCUT2D eigenvalue weighted by molar-refractivity contribution is 5.65. The van der Waals surface area contributed by atoms with Gasteiger partial charge in [0.25, 0.3) is 0 Å². The van der Waals surface area contributed by atoms with Crippen molar-refractivity contribution in [1.82, 2.24) is 9.80 Å². The Hall–Kier alpha value is -0.810. The minimum atomic E-state index is -0.789. The van der Waals surface area contributed by atoms with Gasteiger partial charge >= 0.3 is 6.09 Å². The molecule has 0 aromatic heterocycles. The molecule has 86 valence electrons. The van der Waals surface area contributed by atoms with Crippen LogP contribution in [0.2, 0.25) is 0 Å². The lowest BCUT2D eigenvalue weighted by Gasteiger charge is -2.42. The van der Waals surface area contributed by atoms with Crippen LogP contribution in [0, 0.1) is 0 Å². The summed E-state index contributed by atoms with van der Waals surface area (Å²) in [6.45, 7) is 2.99. The Morgan fingerprint density at radius 2 is 1.93 bits per heavy atom. The van der Waals surface area contributed by atoms with E-state index in [4.69, 9.17) is 9.84 Å². The van der Waals surface area contributed by atoms with E-state index in [1.807, 2.05) is 0 Å². The molecular weight excluding hydrogens is 196 g/mol. The van der Waals surface area contributed by atoms with Crippen LogP contribution in [0.4, 0.5) is 4.79 Å². The van der Waals surface area contributed by atoms with Gasteiger partial charge in [-0.15, -0.1) is 0 Å². The maximum absolute atomic E-state index is 10.7. The van der Waals surface area contributed by atoms with Crippen LogP contribution in [0.15, 0.2) is 0 Å². The van der Waals surface area contributed by atoms with Crippen molar-refractivity contribution in [3.63, 3.8) is 0 Å². The quantitative estimate of drug-likeness (QED) is 0.725. The molecule has 0 aromatic rings. The van der Waals surface area contributed by atoms with Crippen LogP contribution in [-0.2, 0) is 4.74 Å². The third kappa shape index (κ3) is 2.23. The van der Waals surface area contributed by atoms with E-state index >= 15 is 0 Å². The highest BCUT2D eigenvalue weighted by Gasteiger charge is 2.31. The van der Waals surface area contributed by atoms with E-state index < -0.39 is 6.09 Å². The monoisotopic (exact) mass is 214 g/mol. The van der Waals surface area contributed by atoms with Crippen molar-refractivity contribution in [2.24, 2.45) is 0 Å². The number of nitrogens with zero attached hydrogens (tertiary/aromatic N) is 2. The molecule has 0 unspecified atom stereocenters. The topological polar surface area (TPSA) is 53.0 Å². The Morgan fingerprint density at radius 3 is 2.33 bits per heavy atom. The molecule has 0 bridgehead atoms. The predicted octanol–water partition coefficient (Wildman–Crippen LogP) is 0.459. The highest BCUT2D eigenvalue weighted by atomic mass is 16.5. The standard InChI is InChI=1S/C10H18N2O3/c1-11(9-6-15-7-9)8-2-4-12(5-3-8)10(13)14/h8-9H,2-7H2,1H3,(H,13,14). The van der Waals surface area contributed by atoms with E-state index in [0.29, 0.717) is 25.2 Å². The van der Waals surface area contributed by atoms with Crippen molar-refractivity contribution < 1.29 is 14.6 Å². The predicted molar refractivity (Wildman–Crippen MR) is 55.0 cm³/mol. The lowest BCUT2D eigenvalue weighted by molar-refractivity contribution is -0.0754. The molecule has 2 aliphatic heterocycles. The number of ether oxygens (including phenoxy) is 1. The van der Waals surface area contributed by atoms with Crippen molar-refractivity contribution in [3.05, 3.63) is 0 Å². The summed E-state index contributed by atoms with van der Waals surface area (Å²) in [6.07, 6.45) is 1.10. The molecule has 15 heavy (non-hydrogen) atoms. The minimum absolute atomic E-state index is 0.523. The lowest BCUT2D eigenvalue weighted by atomic mass is 10.0. The number of likely N-dealkylation sites (N-methyl/N-ethyl adjacent to an activating group) is 1. The number of hydrogen-bond donors (Lipinski definition) is 1. The van der Waals surface area contributed by atoms with Gasteiger partial charge in [0.2, 0.25) is 0 Å². The largest absolute Gasteiger partial charge is 0.465 e. The third-order valence-electron chi connectivity index (χ3n) is 3.51. The van der Waals surface area contributed by atoms with Gasteiger partial charge in [-0.1, -0.05) is 0 Å². The molecular formula is C10H18N2O3. The number of carbonyl (C=O) groups is 1. The molecule has 2 fully saturated rings.